The number of rotatable bonds is 5. The van der Waals surface area contributed by atoms with Crippen LogP contribution >= 0.6 is 12.2 Å². The minimum Gasteiger partial charge on any atom is -0.406 e. The standard InChI is InChI=1S/C26H20F3N7OS/c1-15-4-3-5-16(2)23(15)34-25(38)35-32-13-22-30-12-19-20(33-22)10-11-21-24(19)31-14-36(21)17-6-8-18(9-7-17)37-26(27,28)29/h3-14H,1-2H3,(H2,34,35,38). The zero-order valence-corrected chi connectivity index (χ0v) is 20.9. The van der Waals surface area contributed by atoms with Gasteiger partial charge < -0.3 is 10.1 Å². The van der Waals surface area contributed by atoms with Gasteiger partial charge in [0.25, 0.3) is 0 Å². The number of benzene rings is 3. The SMILES string of the molecule is Cc1cccc(C)c1NC(=S)NN=Cc1ncc2c(ccc3c2ncn3-c2ccc(OC(F)(F)F)cc2)n1. The van der Waals surface area contributed by atoms with Crippen molar-refractivity contribution in [2.24, 2.45) is 5.10 Å². The number of aryl methyl sites for hydroxylation is 2. The van der Waals surface area contributed by atoms with Crippen molar-refractivity contribution in [2.45, 2.75) is 20.2 Å². The van der Waals surface area contributed by atoms with Gasteiger partial charge >= 0.3 is 6.36 Å². The minimum absolute atomic E-state index is 0.296. The van der Waals surface area contributed by atoms with Crippen LogP contribution in [-0.4, -0.2) is 37.2 Å². The average molecular weight is 536 g/mol. The number of anilines is 1. The van der Waals surface area contributed by atoms with Crippen molar-refractivity contribution in [3.63, 3.8) is 0 Å². The van der Waals surface area contributed by atoms with Gasteiger partial charge in [-0.2, -0.15) is 5.10 Å². The number of para-hydroxylation sites is 1. The summed E-state index contributed by atoms with van der Waals surface area (Å²) in [5.74, 6) is 0.0777. The monoisotopic (exact) mass is 535 g/mol. The van der Waals surface area contributed by atoms with Crippen LogP contribution in [0.25, 0.3) is 27.6 Å². The lowest BCUT2D eigenvalue weighted by molar-refractivity contribution is -0.274. The summed E-state index contributed by atoms with van der Waals surface area (Å²) in [5.41, 5.74) is 8.52. The van der Waals surface area contributed by atoms with Crippen molar-refractivity contribution in [3.05, 3.63) is 84.1 Å². The Labute approximate surface area is 220 Å². The summed E-state index contributed by atoms with van der Waals surface area (Å²) < 4.78 is 43.0. The predicted molar refractivity (Wildman–Crippen MR) is 144 cm³/mol. The molecule has 0 aliphatic rings. The van der Waals surface area contributed by atoms with Gasteiger partial charge in [-0.25, -0.2) is 15.0 Å². The molecular weight excluding hydrogens is 515 g/mol. The molecule has 38 heavy (non-hydrogen) atoms. The number of ether oxygens (including phenoxy) is 1. The Morgan fingerprint density at radius 1 is 1.03 bits per heavy atom. The summed E-state index contributed by atoms with van der Waals surface area (Å²) in [4.78, 5) is 13.4. The molecule has 3 aromatic carbocycles. The molecule has 5 rings (SSSR count). The molecule has 0 radical (unpaired) electrons. The molecule has 0 aliphatic heterocycles. The first-order valence-electron chi connectivity index (χ1n) is 11.3. The Kier molecular flexibility index (Phi) is 6.64. The van der Waals surface area contributed by atoms with Crippen molar-refractivity contribution < 1.29 is 17.9 Å². The summed E-state index contributed by atoms with van der Waals surface area (Å²) in [5, 5.41) is 8.33. The lowest BCUT2D eigenvalue weighted by Gasteiger charge is -2.12. The van der Waals surface area contributed by atoms with E-state index in [9.17, 15) is 13.2 Å². The lowest BCUT2D eigenvalue weighted by Crippen LogP contribution is -2.24. The number of aromatic nitrogens is 4. The third kappa shape index (κ3) is 5.39. The topological polar surface area (TPSA) is 89.2 Å². The Hall–Kier alpha value is -4.58. The van der Waals surface area contributed by atoms with Crippen LogP contribution in [0.4, 0.5) is 18.9 Å². The van der Waals surface area contributed by atoms with Gasteiger partial charge in [-0.1, -0.05) is 18.2 Å². The molecule has 12 heteroatoms. The number of fused-ring (bicyclic) bond motifs is 3. The van der Waals surface area contributed by atoms with E-state index in [1.165, 1.54) is 30.5 Å². The van der Waals surface area contributed by atoms with Gasteiger partial charge in [-0.15, -0.1) is 13.2 Å². The number of thiocarbonyl (C=S) groups is 1. The third-order valence-electron chi connectivity index (χ3n) is 5.71. The molecule has 0 spiro atoms. The van der Waals surface area contributed by atoms with E-state index in [-0.39, 0.29) is 5.75 Å². The number of alkyl halides is 3. The van der Waals surface area contributed by atoms with E-state index in [1.54, 1.807) is 17.1 Å². The fourth-order valence-electron chi connectivity index (χ4n) is 3.98. The second-order valence-corrected chi connectivity index (χ2v) is 8.75. The van der Waals surface area contributed by atoms with E-state index in [0.717, 1.165) is 27.7 Å². The van der Waals surface area contributed by atoms with Crippen LogP contribution in [0.3, 0.4) is 0 Å². The highest BCUT2D eigenvalue weighted by Gasteiger charge is 2.31. The van der Waals surface area contributed by atoms with E-state index in [4.69, 9.17) is 12.2 Å². The van der Waals surface area contributed by atoms with E-state index >= 15 is 0 Å². The molecule has 0 fully saturated rings. The molecule has 2 N–H and O–H groups in total. The first-order valence-corrected chi connectivity index (χ1v) is 11.7. The van der Waals surface area contributed by atoms with Crippen LogP contribution in [0.2, 0.25) is 0 Å². The normalized spacial score (nSPS) is 11.8. The molecular formula is C26H20F3N7OS. The molecule has 0 saturated carbocycles. The van der Waals surface area contributed by atoms with Crippen LogP contribution in [-0.2, 0) is 0 Å². The molecule has 0 aliphatic carbocycles. The molecule has 192 valence electrons. The summed E-state index contributed by atoms with van der Waals surface area (Å²) in [6.07, 6.45) is -0.0412. The van der Waals surface area contributed by atoms with E-state index in [2.05, 4.69) is 35.5 Å². The van der Waals surface area contributed by atoms with Crippen LogP contribution in [0, 0.1) is 13.8 Å². The van der Waals surface area contributed by atoms with Gasteiger partial charge in [0.1, 0.15) is 12.1 Å². The van der Waals surface area contributed by atoms with E-state index in [1.807, 2.05) is 44.2 Å². The molecule has 8 nitrogen and oxygen atoms in total. The zero-order chi connectivity index (χ0) is 26.9. The highest BCUT2D eigenvalue weighted by Crippen LogP contribution is 2.27. The highest BCUT2D eigenvalue weighted by molar-refractivity contribution is 7.80. The van der Waals surface area contributed by atoms with E-state index < -0.39 is 6.36 Å². The summed E-state index contributed by atoms with van der Waals surface area (Å²) in [6.45, 7) is 3.99. The van der Waals surface area contributed by atoms with Crippen LogP contribution in [0.1, 0.15) is 17.0 Å². The average Bonchev–Trinajstić information content (AvgIpc) is 3.30. The molecule has 5 aromatic rings. The first kappa shape index (κ1) is 25.1. The largest absolute Gasteiger partial charge is 0.573 e. The fraction of sp³-hybridized carbons (Fsp3) is 0.115. The number of hydrogen-bond acceptors (Lipinski definition) is 6. The van der Waals surface area contributed by atoms with E-state index in [0.29, 0.717) is 27.7 Å². The quantitative estimate of drug-likeness (QED) is 0.167. The smallest absolute Gasteiger partial charge is 0.406 e. The number of halogens is 3. The summed E-state index contributed by atoms with van der Waals surface area (Å²) in [6, 6.07) is 15.2. The molecule has 0 saturated heterocycles. The summed E-state index contributed by atoms with van der Waals surface area (Å²) >= 11 is 5.33. The maximum absolute atomic E-state index is 12.4. The predicted octanol–water partition coefficient (Wildman–Crippen LogP) is 5.80. The highest BCUT2D eigenvalue weighted by atomic mass is 32.1. The molecule has 0 atom stereocenters. The second-order valence-electron chi connectivity index (χ2n) is 8.34. The van der Waals surface area contributed by atoms with Crippen LogP contribution in [0.15, 0.2) is 72.2 Å². The maximum atomic E-state index is 12.4. The maximum Gasteiger partial charge on any atom is 0.573 e. The van der Waals surface area contributed by atoms with Crippen molar-refractivity contribution in [1.29, 1.82) is 0 Å². The Balaban J connectivity index is 1.32. The third-order valence-corrected chi connectivity index (χ3v) is 5.90. The van der Waals surface area contributed by atoms with Gasteiger partial charge in [-0.05, 0) is 73.6 Å². The second kappa shape index (κ2) is 10.1. The zero-order valence-electron chi connectivity index (χ0n) is 20.1. The van der Waals surface area contributed by atoms with Gasteiger partial charge in [0.15, 0.2) is 10.9 Å². The van der Waals surface area contributed by atoms with Crippen LogP contribution in [0.5, 0.6) is 5.75 Å². The number of imidazole rings is 1. The first-order chi connectivity index (χ1) is 18.2. The minimum atomic E-state index is -4.75. The molecule has 0 amide bonds. The summed E-state index contributed by atoms with van der Waals surface area (Å²) in [7, 11) is 0. The van der Waals surface area contributed by atoms with Gasteiger partial charge in [0.2, 0.25) is 0 Å². The molecule has 2 heterocycles. The molecule has 0 unspecified atom stereocenters. The van der Waals surface area contributed by atoms with Crippen LogP contribution < -0.4 is 15.5 Å². The van der Waals surface area contributed by atoms with Gasteiger partial charge in [-0.3, -0.25) is 9.99 Å². The number of nitrogens with one attached hydrogen (secondary N) is 2. The van der Waals surface area contributed by atoms with Gasteiger partial charge in [0.05, 0.1) is 22.8 Å². The van der Waals surface area contributed by atoms with Crippen molar-refractivity contribution in [2.75, 3.05) is 5.32 Å². The number of hydrazone groups is 1. The van der Waals surface area contributed by atoms with Crippen molar-refractivity contribution in [1.82, 2.24) is 24.9 Å². The Morgan fingerprint density at radius 3 is 2.47 bits per heavy atom. The Morgan fingerprint density at radius 2 is 1.76 bits per heavy atom. The van der Waals surface area contributed by atoms with Crippen molar-refractivity contribution >= 4 is 51.2 Å². The number of nitrogens with zero attached hydrogens (tertiary/aromatic N) is 5. The lowest BCUT2D eigenvalue weighted by atomic mass is 10.1. The molecule has 2 aromatic heterocycles. The van der Waals surface area contributed by atoms with Crippen molar-refractivity contribution in [3.8, 4) is 11.4 Å². The van der Waals surface area contributed by atoms with Gasteiger partial charge in [0, 0.05) is 23.0 Å². The Bertz CT molecular complexity index is 1660. The number of hydrogen-bond donors (Lipinski definition) is 2. The molecule has 0 bridgehead atoms. The fourth-order valence-corrected chi connectivity index (χ4v) is 4.13.